The molecule has 0 aromatic heterocycles. The first kappa shape index (κ1) is 18.2. The van der Waals surface area contributed by atoms with Gasteiger partial charge in [-0.05, 0) is 39.0 Å². The van der Waals surface area contributed by atoms with E-state index >= 15 is 0 Å². The van der Waals surface area contributed by atoms with Gasteiger partial charge < -0.3 is 18.9 Å². The molecule has 2 heterocycles. The lowest BCUT2D eigenvalue weighted by molar-refractivity contribution is -0.144. The fraction of sp³-hybridized carbons (Fsp3) is 0.882. The van der Waals surface area contributed by atoms with E-state index in [4.69, 9.17) is 18.9 Å². The molecule has 0 bridgehead atoms. The number of hydrogen-bond donors (Lipinski definition) is 0. The van der Waals surface area contributed by atoms with Crippen molar-refractivity contribution >= 4 is 11.9 Å². The number of hydrogen-bond acceptors (Lipinski definition) is 6. The smallest absolute Gasteiger partial charge is 0.306 e. The Bertz CT molecular complexity index is 377. The molecule has 6 heteroatoms. The van der Waals surface area contributed by atoms with E-state index in [1.54, 1.807) is 6.92 Å². The van der Waals surface area contributed by atoms with Gasteiger partial charge in [0.1, 0.15) is 6.10 Å². The van der Waals surface area contributed by atoms with E-state index < -0.39 is 0 Å². The molecule has 0 spiro atoms. The zero-order valence-corrected chi connectivity index (χ0v) is 14.0. The maximum Gasteiger partial charge on any atom is 0.306 e. The van der Waals surface area contributed by atoms with Gasteiger partial charge in [0.05, 0.1) is 13.0 Å². The molecule has 2 rings (SSSR count). The predicted molar refractivity (Wildman–Crippen MR) is 82.6 cm³/mol. The number of carbonyl (C=O) groups excluding carboxylic acids is 2. The van der Waals surface area contributed by atoms with Gasteiger partial charge in [0, 0.05) is 32.0 Å². The van der Waals surface area contributed by atoms with Crippen molar-refractivity contribution in [1.29, 1.82) is 0 Å². The normalized spacial score (nSPS) is 27.2. The van der Waals surface area contributed by atoms with E-state index in [9.17, 15) is 9.59 Å². The van der Waals surface area contributed by atoms with Crippen LogP contribution in [-0.4, -0.2) is 44.2 Å². The third-order valence-corrected chi connectivity index (χ3v) is 4.32. The van der Waals surface area contributed by atoms with E-state index in [1.807, 2.05) is 0 Å². The van der Waals surface area contributed by atoms with Crippen LogP contribution in [0.4, 0.5) is 0 Å². The van der Waals surface area contributed by atoms with E-state index in [0.717, 1.165) is 45.1 Å². The minimum Gasteiger partial charge on any atom is -0.466 e. The van der Waals surface area contributed by atoms with Crippen LogP contribution in [0.3, 0.4) is 0 Å². The summed E-state index contributed by atoms with van der Waals surface area (Å²) in [5.74, 6) is -0.0879. The average Bonchev–Trinajstić information content (AvgIpc) is 3.14. The van der Waals surface area contributed by atoms with Gasteiger partial charge in [-0.15, -0.1) is 0 Å². The van der Waals surface area contributed by atoms with Crippen LogP contribution in [0.25, 0.3) is 0 Å². The third kappa shape index (κ3) is 6.47. The summed E-state index contributed by atoms with van der Waals surface area (Å²) in [6.45, 7) is 3.63. The first-order chi connectivity index (χ1) is 11.2. The summed E-state index contributed by atoms with van der Waals surface area (Å²) in [6.07, 6.45) is 6.02. The Morgan fingerprint density at radius 3 is 2.91 bits per heavy atom. The van der Waals surface area contributed by atoms with Crippen LogP contribution in [-0.2, 0) is 28.5 Å². The lowest BCUT2D eigenvalue weighted by Gasteiger charge is -2.18. The van der Waals surface area contributed by atoms with Gasteiger partial charge in [-0.1, -0.05) is 0 Å². The van der Waals surface area contributed by atoms with Crippen LogP contribution >= 0.6 is 0 Å². The second kappa shape index (κ2) is 9.88. The molecule has 6 nitrogen and oxygen atoms in total. The maximum atomic E-state index is 11.5. The Morgan fingerprint density at radius 1 is 1.30 bits per heavy atom. The third-order valence-electron chi connectivity index (χ3n) is 4.32. The van der Waals surface area contributed by atoms with Crippen LogP contribution in [0.15, 0.2) is 0 Å². The highest BCUT2D eigenvalue weighted by Crippen LogP contribution is 2.30. The number of ether oxygens (including phenoxy) is 4. The van der Waals surface area contributed by atoms with Crippen molar-refractivity contribution in [1.82, 2.24) is 0 Å². The summed E-state index contributed by atoms with van der Waals surface area (Å²) in [4.78, 5) is 22.9. The van der Waals surface area contributed by atoms with Crippen LogP contribution in [0.2, 0.25) is 0 Å². The Hall–Kier alpha value is -1.14. The molecular weight excluding hydrogens is 300 g/mol. The zero-order chi connectivity index (χ0) is 16.5. The topological polar surface area (TPSA) is 71.1 Å². The monoisotopic (exact) mass is 328 g/mol. The second-order valence-electron chi connectivity index (χ2n) is 6.15. The van der Waals surface area contributed by atoms with E-state index in [0.29, 0.717) is 26.1 Å². The SMILES string of the molecule is CCOC(=O)CCCC1CC(=O)OC1CCCOC1CCCO1. The van der Waals surface area contributed by atoms with Gasteiger partial charge in [-0.25, -0.2) is 0 Å². The summed E-state index contributed by atoms with van der Waals surface area (Å²) in [5.41, 5.74) is 0. The lowest BCUT2D eigenvalue weighted by Crippen LogP contribution is -2.18. The molecule has 0 aromatic rings. The van der Waals surface area contributed by atoms with Gasteiger partial charge in [-0.3, -0.25) is 9.59 Å². The van der Waals surface area contributed by atoms with Crippen LogP contribution in [0.5, 0.6) is 0 Å². The molecular formula is C17H28O6. The molecule has 3 unspecified atom stereocenters. The largest absolute Gasteiger partial charge is 0.466 e. The van der Waals surface area contributed by atoms with E-state index in [2.05, 4.69) is 0 Å². The average molecular weight is 328 g/mol. The highest BCUT2D eigenvalue weighted by Gasteiger charge is 2.33. The summed E-state index contributed by atoms with van der Waals surface area (Å²) in [5, 5.41) is 0. The van der Waals surface area contributed by atoms with Gasteiger partial charge >= 0.3 is 11.9 Å². The van der Waals surface area contributed by atoms with E-state index in [-0.39, 0.29) is 30.3 Å². The summed E-state index contributed by atoms with van der Waals surface area (Å²) >= 11 is 0. The van der Waals surface area contributed by atoms with Crippen LogP contribution in [0, 0.1) is 5.92 Å². The summed E-state index contributed by atoms with van der Waals surface area (Å²) < 4.78 is 21.4. The molecule has 2 saturated heterocycles. The van der Waals surface area contributed by atoms with Crippen molar-refractivity contribution in [2.45, 2.75) is 70.7 Å². The van der Waals surface area contributed by atoms with Gasteiger partial charge in [0.15, 0.2) is 6.29 Å². The summed E-state index contributed by atoms with van der Waals surface area (Å²) in [7, 11) is 0. The number of cyclic esters (lactones) is 1. The molecule has 132 valence electrons. The maximum absolute atomic E-state index is 11.5. The van der Waals surface area contributed by atoms with E-state index in [1.165, 1.54) is 0 Å². The van der Waals surface area contributed by atoms with Crippen molar-refractivity contribution in [2.24, 2.45) is 5.92 Å². The fourth-order valence-electron chi connectivity index (χ4n) is 3.16. The van der Waals surface area contributed by atoms with Crippen LogP contribution in [0.1, 0.15) is 58.3 Å². The van der Waals surface area contributed by atoms with Gasteiger partial charge in [-0.2, -0.15) is 0 Å². The summed E-state index contributed by atoms with van der Waals surface area (Å²) in [6, 6.07) is 0. The Morgan fingerprint density at radius 2 is 2.17 bits per heavy atom. The first-order valence-corrected chi connectivity index (χ1v) is 8.77. The molecule has 0 aromatic carbocycles. The van der Waals surface area contributed by atoms with Crippen molar-refractivity contribution in [3.63, 3.8) is 0 Å². The molecule has 3 atom stereocenters. The zero-order valence-electron chi connectivity index (χ0n) is 14.0. The number of carbonyl (C=O) groups is 2. The standard InChI is InChI=1S/C17H28O6/c1-2-20-15(18)8-3-6-13-12-16(19)23-14(13)7-4-10-21-17-9-5-11-22-17/h13-14,17H,2-12H2,1H3. The second-order valence-corrected chi connectivity index (χ2v) is 6.15. The van der Waals surface area contributed by atoms with Crippen molar-refractivity contribution in [3.05, 3.63) is 0 Å². The molecule has 2 aliphatic heterocycles. The minimum atomic E-state index is -0.167. The van der Waals surface area contributed by atoms with Gasteiger partial charge in [0.2, 0.25) is 0 Å². The molecule has 2 aliphatic rings. The van der Waals surface area contributed by atoms with Gasteiger partial charge in [0.25, 0.3) is 0 Å². The van der Waals surface area contributed by atoms with Crippen molar-refractivity contribution in [2.75, 3.05) is 19.8 Å². The minimum absolute atomic E-state index is 0.0437. The number of rotatable bonds is 10. The molecule has 0 radical (unpaired) electrons. The van der Waals surface area contributed by atoms with Crippen molar-refractivity contribution < 1.29 is 28.5 Å². The lowest BCUT2D eigenvalue weighted by atomic mass is 9.92. The number of esters is 2. The molecule has 23 heavy (non-hydrogen) atoms. The van der Waals surface area contributed by atoms with Crippen molar-refractivity contribution in [3.8, 4) is 0 Å². The highest BCUT2D eigenvalue weighted by atomic mass is 16.7. The fourth-order valence-corrected chi connectivity index (χ4v) is 3.16. The highest BCUT2D eigenvalue weighted by molar-refractivity contribution is 5.72. The molecule has 0 amide bonds. The Balaban J connectivity index is 1.61. The van der Waals surface area contributed by atoms with Crippen LogP contribution < -0.4 is 0 Å². The quantitative estimate of drug-likeness (QED) is 0.453. The molecule has 0 N–H and O–H groups in total. The Kier molecular flexibility index (Phi) is 7.82. The predicted octanol–water partition coefficient (Wildman–Crippen LogP) is 2.58. The Labute approximate surface area is 137 Å². The molecule has 0 saturated carbocycles. The first-order valence-electron chi connectivity index (χ1n) is 8.77. The molecule has 2 fully saturated rings. The molecule has 0 aliphatic carbocycles.